The fraction of sp³-hybridized carbons (Fsp3) is 0.514. The van der Waals surface area contributed by atoms with Gasteiger partial charge in [0.05, 0.1) is 0 Å². The number of benzene rings is 2. The van der Waals surface area contributed by atoms with Gasteiger partial charge >= 0.3 is 0 Å². The van der Waals surface area contributed by atoms with Crippen molar-refractivity contribution < 1.29 is 0 Å². The van der Waals surface area contributed by atoms with Crippen molar-refractivity contribution in [1.29, 1.82) is 0 Å². The van der Waals surface area contributed by atoms with Crippen LogP contribution in [0.4, 0.5) is 0 Å². The van der Waals surface area contributed by atoms with Crippen molar-refractivity contribution in [2.45, 2.75) is 120 Å². The van der Waals surface area contributed by atoms with E-state index in [-0.39, 0.29) is 0 Å². The lowest BCUT2D eigenvalue weighted by molar-refractivity contribution is 0.413. The Kier molecular flexibility index (Phi) is 5.74. The minimum atomic E-state index is 0.819. The monoisotopic (exact) mass is 486 g/mol. The molecule has 0 amide bonds. The van der Waals surface area contributed by atoms with Gasteiger partial charge in [0.25, 0.3) is 0 Å². The van der Waals surface area contributed by atoms with E-state index >= 15 is 0 Å². The Balaban J connectivity index is 0.979. The highest BCUT2D eigenvalue weighted by molar-refractivity contribution is 5.76. The topological polar surface area (TPSA) is 0 Å². The molecule has 2 radical (unpaired) electrons. The SMILES string of the molecule is [CH]1C(CCCC2=Cc3c(C4CCC4)ccc(C4CCC4)c3[CH]2)=Cc2c(C3CCC3)ccc(C3CCC3)c21. The van der Waals surface area contributed by atoms with Crippen LogP contribution in [0, 0.1) is 12.8 Å². The van der Waals surface area contributed by atoms with E-state index in [0.29, 0.717) is 0 Å². The molecule has 0 N–H and O–H groups in total. The Labute approximate surface area is 224 Å². The van der Waals surface area contributed by atoms with E-state index in [2.05, 4.69) is 49.3 Å². The summed E-state index contributed by atoms with van der Waals surface area (Å²) in [5.41, 5.74) is 16.2. The van der Waals surface area contributed by atoms with E-state index in [1.54, 1.807) is 55.7 Å². The predicted octanol–water partition coefficient (Wildman–Crippen LogP) is 10.5. The zero-order chi connectivity index (χ0) is 24.3. The first-order chi connectivity index (χ1) is 18.3. The molecule has 0 unspecified atom stereocenters. The molecule has 8 rings (SSSR count). The lowest BCUT2D eigenvalue weighted by Gasteiger charge is -2.31. The van der Waals surface area contributed by atoms with Crippen LogP contribution in [0.25, 0.3) is 12.2 Å². The zero-order valence-corrected chi connectivity index (χ0v) is 22.5. The molecule has 2 aromatic carbocycles. The third-order valence-corrected chi connectivity index (χ3v) is 11.1. The van der Waals surface area contributed by atoms with Gasteiger partial charge in [-0.2, -0.15) is 0 Å². The van der Waals surface area contributed by atoms with Gasteiger partial charge in [0, 0.05) is 12.8 Å². The number of hydrogen-bond acceptors (Lipinski definition) is 0. The van der Waals surface area contributed by atoms with Crippen molar-refractivity contribution in [2.24, 2.45) is 0 Å². The van der Waals surface area contributed by atoms with E-state index < -0.39 is 0 Å². The van der Waals surface area contributed by atoms with Gasteiger partial charge in [0.1, 0.15) is 0 Å². The van der Waals surface area contributed by atoms with Gasteiger partial charge in [-0.25, -0.2) is 0 Å². The summed E-state index contributed by atoms with van der Waals surface area (Å²) < 4.78 is 0. The molecule has 0 bridgehead atoms. The Hall–Kier alpha value is -2.08. The summed E-state index contributed by atoms with van der Waals surface area (Å²) in [6, 6.07) is 10.0. The van der Waals surface area contributed by atoms with Gasteiger partial charge in [-0.1, -0.05) is 73.2 Å². The average molecular weight is 487 g/mol. The lowest BCUT2D eigenvalue weighted by Crippen LogP contribution is -2.14. The van der Waals surface area contributed by atoms with E-state index in [4.69, 9.17) is 0 Å². The third kappa shape index (κ3) is 3.92. The molecule has 4 saturated carbocycles. The molecule has 0 nitrogen and oxygen atoms in total. The molecular weight excluding hydrogens is 444 g/mol. The molecule has 6 aliphatic rings. The summed E-state index contributed by atoms with van der Waals surface area (Å²) in [6.07, 6.45) is 30.9. The van der Waals surface area contributed by atoms with Crippen molar-refractivity contribution in [1.82, 2.24) is 0 Å². The summed E-state index contributed by atoms with van der Waals surface area (Å²) in [4.78, 5) is 0. The second-order valence-corrected chi connectivity index (χ2v) is 13.2. The Morgan fingerprint density at radius 1 is 0.432 bits per heavy atom. The van der Waals surface area contributed by atoms with Crippen molar-refractivity contribution in [3.8, 4) is 0 Å². The molecule has 0 heterocycles. The first-order valence-corrected chi connectivity index (χ1v) is 15.8. The van der Waals surface area contributed by atoms with Crippen LogP contribution in [-0.4, -0.2) is 0 Å². The molecule has 0 spiro atoms. The molecule has 37 heavy (non-hydrogen) atoms. The molecule has 2 aromatic rings. The maximum atomic E-state index is 2.59. The number of rotatable bonds is 8. The molecule has 4 fully saturated rings. The fourth-order valence-electron chi connectivity index (χ4n) is 7.90. The van der Waals surface area contributed by atoms with Crippen LogP contribution in [0.3, 0.4) is 0 Å². The second-order valence-electron chi connectivity index (χ2n) is 13.2. The smallest absolute Gasteiger partial charge is 0.0167 e. The van der Waals surface area contributed by atoms with Crippen molar-refractivity contribution in [2.75, 3.05) is 0 Å². The molecule has 0 aromatic heterocycles. The largest absolute Gasteiger partial charge is 0.0611 e. The molecule has 0 atom stereocenters. The minimum Gasteiger partial charge on any atom is -0.0611 e. The van der Waals surface area contributed by atoms with E-state index in [0.717, 1.165) is 23.7 Å². The highest BCUT2D eigenvalue weighted by Crippen LogP contribution is 2.49. The minimum absolute atomic E-state index is 0.819. The Bertz CT molecular complexity index is 1170. The number of allylic oxidation sites excluding steroid dienone is 2. The summed E-state index contributed by atoms with van der Waals surface area (Å²) in [5.74, 6) is 3.28. The van der Waals surface area contributed by atoms with E-state index in [9.17, 15) is 0 Å². The Morgan fingerprint density at radius 3 is 1.05 bits per heavy atom. The summed E-state index contributed by atoms with van der Waals surface area (Å²) in [6.45, 7) is 0. The van der Waals surface area contributed by atoms with Gasteiger partial charge in [-0.15, -0.1) is 0 Å². The third-order valence-electron chi connectivity index (χ3n) is 11.1. The van der Waals surface area contributed by atoms with Gasteiger partial charge < -0.3 is 0 Å². The first-order valence-electron chi connectivity index (χ1n) is 15.8. The highest BCUT2D eigenvalue weighted by atomic mass is 14.4. The van der Waals surface area contributed by atoms with Crippen molar-refractivity contribution >= 4 is 12.2 Å². The van der Waals surface area contributed by atoms with E-state index in [1.165, 1.54) is 96.3 Å². The summed E-state index contributed by atoms with van der Waals surface area (Å²) in [5, 5.41) is 0. The normalized spacial score (nSPS) is 23.5. The van der Waals surface area contributed by atoms with Gasteiger partial charge in [-0.05, 0) is 139 Å². The van der Waals surface area contributed by atoms with E-state index in [1.807, 2.05) is 0 Å². The quantitative estimate of drug-likeness (QED) is 0.348. The molecular formula is C37H42. The maximum Gasteiger partial charge on any atom is 0.0167 e. The van der Waals surface area contributed by atoms with Crippen LogP contribution in [0.5, 0.6) is 0 Å². The fourth-order valence-corrected chi connectivity index (χ4v) is 7.90. The van der Waals surface area contributed by atoms with Gasteiger partial charge in [0.2, 0.25) is 0 Å². The van der Waals surface area contributed by atoms with Crippen LogP contribution in [-0.2, 0) is 0 Å². The lowest BCUT2D eigenvalue weighted by atomic mass is 9.73. The summed E-state index contributed by atoms with van der Waals surface area (Å²) in [7, 11) is 0. The molecule has 0 saturated heterocycles. The van der Waals surface area contributed by atoms with Crippen LogP contribution in [0.2, 0.25) is 0 Å². The second kappa shape index (κ2) is 9.29. The Morgan fingerprint density at radius 2 is 0.757 bits per heavy atom. The maximum absolute atomic E-state index is 2.59. The van der Waals surface area contributed by atoms with Crippen LogP contribution < -0.4 is 0 Å². The molecule has 0 aliphatic heterocycles. The van der Waals surface area contributed by atoms with Crippen molar-refractivity contribution in [3.63, 3.8) is 0 Å². The number of hydrogen-bond donors (Lipinski definition) is 0. The standard InChI is InChI=1S/C37H42/c1(6-24-20-34-30(26-8-2-9-26)16-17-31(35(34)21-24)27-10-3-11-27)7-25-22-36-32(28-12-4-13-28)18-19-33(37(36)23-25)29-14-5-15-29/h16-23,26-29H,1-15H2. The number of fused-ring (bicyclic) bond motifs is 2. The van der Waals surface area contributed by atoms with Crippen molar-refractivity contribution in [3.05, 3.63) is 92.8 Å². The average Bonchev–Trinajstić information content (AvgIpc) is 3.37. The zero-order valence-electron chi connectivity index (χ0n) is 22.5. The van der Waals surface area contributed by atoms with Crippen LogP contribution in [0.1, 0.15) is 164 Å². The first kappa shape index (κ1) is 22.9. The summed E-state index contributed by atoms with van der Waals surface area (Å²) >= 11 is 0. The van der Waals surface area contributed by atoms with Gasteiger partial charge in [0.15, 0.2) is 0 Å². The molecule has 6 aliphatic carbocycles. The van der Waals surface area contributed by atoms with Crippen LogP contribution in [0.15, 0.2) is 35.4 Å². The molecule has 190 valence electrons. The predicted molar refractivity (Wildman–Crippen MR) is 156 cm³/mol. The van der Waals surface area contributed by atoms with Gasteiger partial charge in [-0.3, -0.25) is 0 Å². The highest BCUT2D eigenvalue weighted by Gasteiger charge is 2.32. The molecule has 0 heteroatoms. The van der Waals surface area contributed by atoms with Crippen LogP contribution >= 0.6 is 0 Å².